The molecule has 5 heterocycles. The Morgan fingerprint density at radius 2 is 1.67 bits per heavy atom. The van der Waals surface area contributed by atoms with Gasteiger partial charge in [0.1, 0.15) is 17.0 Å². The second kappa shape index (κ2) is 12.8. The van der Waals surface area contributed by atoms with E-state index in [1.54, 1.807) is 6.20 Å². The summed E-state index contributed by atoms with van der Waals surface area (Å²) < 4.78 is 14.7. The maximum absolute atomic E-state index is 14.7. The second-order valence-corrected chi connectivity index (χ2v) is 11.5. The van der Waals surface area contributed by atoms with Gasteiger partial charge in [0, 0.05) is 73.3 Å². The zero-order chi connectivity index (χ0) is 31.5. The van der Waals surface area contributed by atoms with E-state index in [1.165, 1.54) is 17.7 Å². The number of fused-ring (bicyclic) bond motifs is 2. The van der Waals surface area contributed by atoms with Gasteiger partial charge in [0.05, 0.1) is 5.39 Å². The Labute approximate surface area is 265 Å². The van der Waals surface area contributed by atoms with Crippen LogP contribution in [0, 0.1) is 5.82 Å². The van der Waals surface area contributed by atoms with Crippen molar-refractivity contribution in [2.24, 2.45) is 0 Å². The van der Waals surface area contributed by atoms with Gasteiger partial charge >= 0.3 is 0 Å². The van der Waals surface area contributed by atoms with Crippen LogP contribution in [0.5, 0.6) is 0 Å². The number of pyridine rings is 3. The molecule has 0 spiro atoms. The second-order valence-electron chi connectivity index (χ2n) is 11.5. The number of halogens is 1. The summed E-state index contributed by atoms with van der Waals surface area (Å²) in [5, 5.41) is 15.2. The summed E-state index contributed by atoms with van der Waals surface area (Å²) in [6, 6.07) is 21.3. The topological polar surface area (TPSA) is 123 Å². The van der Waals surface area contributed by atoms with E-state index in [-0.39, 0.29) is 5.82 Å². The van der Waals surface area contributed by atoms with Crippen molar-refractivity contribution in [3.05, 3.63) is 108 Å². The first-order valence-corrected chi connectivity index (χ1v) is 15.1. The first kappa shape index (κ1) is 29.2. The van der Waals surface area contributed by atoms with E-state index in [2.05, 4.69) is 63.9 Å². The number of likely N-dealkylation sites (N-methyl/N-ethyl adjacent to an activating group) is 1. The summed E-state index contributed by atoms with van der Waals surface area (Å²) in [6.45, 7) is 2.99. The number of aromatic nitrogens is 7. The van der Waals surface area contributed by atoms with Gasteiger partial charge in [-0.05, 0) is 67.2 Å². The van der Waals surface area contributed by atoms with Crippen LogP contribution >= 0.6 is 0 Å². The molecule has 2 aromatic carbocycles. The van der Waals surface area contributed by atoms with E-state index < -0.39 is 0 Å². The number of imidazole rings is 1. The third-order valence-corrected chi connectivity index (χ3v) is 7.75. The van der Waals surface area contributed by atoms with Crippen molar-refractivity contribution in [2.75, 3.05) is 32.5 Å². The van der Waals surface area contributed by atoms with Crippen LogP contribution in [0.2, 0.25) is 0 Å². The predicted octanol–water partition coefficient (Wildman–Crippen LogP) is 6.03. The van der Waals surface area contributed by atoms with Gasteiger partial charge in [-0.3, -0.25) is 10.1 Å². The number of nitrogens with zero attached hydrogens (tertiary/aromatic N) is 6. The zero-order valence-electron chi connectivity index (χ0n) is 25.5. The lowest BCUT2D eigenvalue weighted by Crippen LogP contribution is -2.20. The average Bonchev–Trinajstić information content (AvgIpc) is 3.69. The molecular weight excluding hydrogens is 579 g/mol. The SMILES string of the molecule is CN(C)CCNc1cc(F)cc(-c2ccnc3[nH]c(-c4n[nH]c5ncc(-c6cncc(CNCc7ccccc7)c6)cc45)nc23)c1. The minimum absolute atomic E-state index is 0.326. The number of hydrogen-bond acceptors (Lipinski definition) is 8. The van der Waals surface area contributed by atoms with Crippen LogP contribution in [0.3, 0.4) is 0 Å². The molecule has 0 aliphatic rings. The molecule has 10 nitrogen and oxygen atoms in total. The fraction of sp³-hybridized carbons (Fsp3) is 0.171. The van der Waals surface area contributed by atoms with Gasteiger partial charge < -0.3 is 20.5 Å². The number of H-pyrrole nitrogens is 2. The van der Waals surface area contributed by atoms with Crippen molar-refractivity contribution >= 4 is 27.9 Å². The quantitative estimate of drug-likeness (QED) is 0.140. The van der Waals surface area contributed by atoms with E-state index in [0.717, 1.165) is 40.7 Å². The number of benzene rings is 2. The van der Waals surface area contributed by atoms with Crippen LogP contribution in [-0.2, 0) is 13.1 Å². The molecule has 0 atom stereocenters. The lowest BCUT2D eigenvalue weighted by Gasteiger charge is -2.12. The third-order valence-electron chi connectivity index (χ3n) is 7.75. The van der Waals surface area contributed by atoms with E-state index in [0.29, 0.717) is 52.7 Å². The number of rotatable bonds is 11. The molecule has 0 aliphatic heterocycles. The van der Waals surface area contributed by atoms with Gasteiger partial charge in [-0.25, -0.2) is 19.3 Å². The molecule has 46 heavy (non-hydrogen) atoms. The number of aromatic amines is 2. The highest BCUT2D eigenvalue weighted by atomic mass is 19.1. The summed E-state index contributed by atoms with van der Waals surface area (Å²) in [4.78, 5) is 23.9. The molecule has 0 fully saturated rings. The summed E-state index contributed by atoms with van der Waals surface area (Å²) in [5.74, 6) is 0.214. The van der Waals surface area contributed by atoms with E-state index in [1.807, 2.05) is 69.1 Å². The highest BCUT2D eigenvalue weighted by Gasteiger charge is 2.18. The zero-order valence-corrected chi connectivity index (χ0v) is 25.5. The molecule has 0 amide bonds. The monoisotopic (exact) mass is 612 g/mol. The van der Waals surface area contributed by atoms with Gasteiger partial charge in [0.25, 0.3) is 0 Å². The molecule has 0 aliphatic carbocycles. The molecule has 230 valence electrons. The van der Waals surface area contributed by atoms with E-state index in [9.17, 15) is 4.39 Å². The Balaban J connectivity index is 1.17. The summed E-state index contributed by atoms with van der Waals surface area (Å²) >= 11 is 0. The van der Waals surface area contributed by atoms with Crippen LogP contribution in [0.1, 0.15) is 11.1 Å². The Morgan fingerprint density at radius 3 is 2.54 bits per heavy atom. The molecule has 11 heteroatoms. The lowest BCUT2D eigenvalue weighted by molar-refractivity contribution is 0.425. The van der Waals surface area contributed by atoms with Crippen LogP contribution in [0.4, 0.5) is 10.1 Å². The standard InChI is InChI=1S/C35H33FN10/c1-46(2)11-10-39-28-14-24(13-27(36)16-28)29-8-9-40-34-31(29)42-35(43-34)32-30-15-26(21-41-33(30)45-44-32)25-12-23(19-38-20-25)18-37-17-22-6-4-3-5-7-22/h3-9,12-16,19-21,37,39H,10-11,17-18H2,1-2H3,(H,40,42,43)(H,41,44,45). The van der Waals surface area contributed by atoms with Crippen LogP contribution in [0.25, 0.3) is 56.0 Å². The first-order chi connectivity index (χ1) is 22.5. The van der Waals surface area contributed by atoms with Crippen LogP contribution < -0.4 is 10.6 Å². The number of hydrogen-bond donors (Lipinski definition) is 4. The van der Waals surface area contributed by atoms with E-state index in [4.69, 9.17) is 4.98 Å². The van der Waals surface area contributed by atoms with Gasteiger partial charge in [-0.2, -0.15) is 5.10 Å². The third kappa shape index (κ3) is 6.32. The van der Waals surface area contributed by atoms with Crippen molar-refractivity contribution in [3.63, 3.8) is 0 Å². The summed E-state index contributed by atoms with van der Waals surface area (Å²) in [7, 11) is 4.01. The Hall–Kier alpha value is -5.52. The Bertz CT molecular complexity index is 2120. The Kier molecular flexibility index (Phi) is 8.15. The van der Waals surface area contributed by atoms with Crippen molar-refractivity contribution in [2.45, 2.75) is 13.1 Å². The maximum atomic E-state index is 14.7. The number of nitrogens with one attached hydrogen (secondary N) is 4. The molecule has 0 unspecified atom stereocenters. The summed E-state index contributed by atoms with van der Waals surface area (Å²) in [6.07, 6.45) is 7.22. The van der Waals surface area contributed by atoms with Gasteiger partial charge in [-0.1, -0.05) is 30.3 Å². The van der Waals surface area contributed by atoms with Crippen LogP contribution in [-0.4, -0.2) is 67.2 Å². The average molecular weight is 613 g/mol. The maximum Gasteiger partial charge on any atom is 0.161 e. The highest BCUT2D eigenvalue weighted by Crippen LogP contribution is 2.33. The molecule has 4 N–H and O–H groups in total. The van der Waals surface area contributed by atoms with Crippen molar-refractivity contribution in [1.82, 2.24) is 45.3 Å². The van der Waals surface area contributed by atoms with Crippen molar-refractivity contribution in [1.29, 1.82) is 0 Å². The highest BCUT2D eigenvalue weighted by molar-refractivity contribution is 5.96. The fourth-order valence-electron chi connectivity index (χ4n) is 5.46. The summed E-state index contributed by atoms with van der Waals surface area (Å²) in [5.41, 5.74) is 8.82. The molecule has 0 saturated carbocycles. The largest absolute Gasteiger partial charge is 0.384 e. The smallest absolute Gasteiger partial charge is 0.161 e. The fourth-order valence-corrected chi connectivity index (χ4v) is 5.46. The molecule has 0 saturated heterocycles. The number of anilines is 1. The molecule has 5 aromatic heterocycles. The normalized spacial score (nSPS) is 11.6. The lowest BCUT2D eigenvalue weighted by atomic mass is 10.0. The van der Waals surface area contributed by atoms with Gasteiger partial charge in [0.2, 0.25) is 0 Å². The van der Waals surface area contributed by atoms with E-state index >= 15 is 0 Å². The van der Waals surface area contributed by atoms with Gasteiger partial charge in [-0.15, -0.1) is 0 Å². The minimum Gasteiger partial charge on any atom is -0.384 e. The first-order valence-electron chi connectivity index (χ1n) is 15.1. The van der Waals surface area contributed by atoms with Crippen molar-refractivity contribution in [3.8, 4) is 33.8 Å². The molecule has 0 bridgehead atoms. The molecule has 0 radical (unpaired) electrons. The van der Waals surface area contributed by atoms with Crippen LogP contribution in [0.15, 0.2) is 91.5 Å². The molecular formula is C35H33FN10. The van der Waals surface area contributed by atoms with Crippen molar-refractivity contribution < 1.29 is 4.39 Å². The van der Waals surface area contributed by atoms with Gasteiger partial charge in [0.15, 0.2) is 17.1 Å². The Morgan fingerprint density at radius 1 is 0.826 bits per heavy atom. The molecule has 7 rings (SSSR count). The molecule has 7 aromatic rings. The predicted molar refractivity (Wildman–Crippen MR) is 179 cm³/mol. The minimum atomic E-state index is -0.326.